The lowest BCUT2D eigenvalue weighted by Crippen LogP contribution is -2.09. The summed E-state index contributed by atoms with van der Waals surface area (Å²) in [5.74, 6) is -0.871. The first kappa shape index (κ1) is 17.2. The maximum atomic E-state index is 13.6. The molecule has 7 heteroatoms. The number of carbonyl (C=O) groups is 1. The number of sulfonamides is 1. The molecule has 0 amide bonds. The molecule has 0 aliphatic heterocycles. The molecule has 0 heterocycles. The zero-order valence-corrected chi connectivity index (χ0v) is 13.7. The molecule has 2 aromatic rings. The number of hydrogen-bond acceptors (Lipinski definition) is 3. The fraction of sp³-hybridized carbons (Fsp3) is 0.0625. The highest BCUT2D eigenvalue weighted by Gasteiger charge is 2.07. The molecule has 0 fully saturated rings. The second-order valence-corrected chi connectivity index (χ2v) is 6.94. The van der Waals surface area contributed by atoms with E-state index in [1.54, 1.807) is 0 Å². The van der Waals surface area contributed by atoms with Gasteiger partial charge >= 0.3 is 0 Å². The highest BCUT2D eigenvalue weighted by Crippen LogP contribution is 2.20. The Hall–Kier alpha value is -2.18. The molecule has 2 aromatic carbocycles. The van der Waals surface area contributed by atoms with Crippen LogP contribution in [0.15, 0.2) is 48.5 Å². The van der Waals surface area contributed by atoms with Gasteiger partial charge in [-0.25, -0.2) is 12.8 Å². The molecule has 0 unspecified atom stereocenters. The molecule has 2 rings (SSSR count). The predicted molar refractivity (Wildman–Crippen MR) is 89.7 cm³/mol. The number of allylic oxidation sites excluding steroid dienone is 1. The summed E-state index contributed by atoms with van der Waals surface area (Å²) in [4.78, 5) is 12.0. The minimum absolute atomic E-state index is 0.137. The average molecular weight is 354 g/mol. The van der Waals surface area contributed by atoms with Crippen LogP contribution in [0.5, 0.6) is 0 Å². The lowest BCUT2D eigenvalue weighted by atomic mass is 10.1. The summed E-state index contributed by atoms with van der Waals surface area (Å²) in [7, 11) is -3.37. The highest BCUT2D eigenvalue weighted by molar-refractivity contribution is 7.92. The molecule has 4 nitrogen and oxygen atoms in total. The van der Waals surface area contributed by atoms with Gasteiger partial charge < -0.3 is 0 Å². The third-order valence-electron chi connectivity index (χ3n) is 2.87. The maximum absolute atomic E-state index is 13.6. The van der Waals surface area contributed by atoms with Gasteiger partial charge in [-0.15, -0.1) is 0 Å². The Morgan fingerprint density at radius 1 is 1.17 bits per heavy atom. The van der Waals surface area contributed by atoms with Crippen LogP contribution in [0.3, 0.4) is 0 Å². The number of benzene rings is 2. The maximum Gasteiger partial charge on any atom is 0.229 e. The summed E-state index contributed by atoms with van der Waals surface area (Å²) < 4.78 is 38.1. The molecule has 0 atom stereocenters. The minimum Gasteiger partial charge on any atom is -0.289 e. The summed E-state index contributed by atoms with van der Waals surface area (Å²) in [6, 6.07) is 10.1. The van der Waals surface area contributed by atoms with Crippen molar-refractivity contribution in [2.45, 2.75) is 0 Å². The van der Waals surface area contributed by atoms with Crippen LogP contribution in [-0.2, 0) is 10.0 Å². The van der Waals surface area contributed by atoms with E-state index in [0.717, 1.165) is 6.26 Å². The van der Waals surface area contributed by atoms with E-state index in [0.29, 0.717) is 11.3 Å². The van der Waals surface area contributed by atoms with E-state index in [1.807, 2.05) is 0 Å². The number of halogens is 2. The lowest BCUT2D eigenvalue weighted by molar-refractivity contribution is 0.104. The molecule has 0 radical (unpaired) electrons. The molecule has 23 heavy (non-hydrogen) atoms. The summed E-state index contributed by atoms with van der Waals surface area (Å²) in [5, 5.41) is 0.210. The Labute approximate surface area is 138 Å². The van der Waals surface area contributed by atoms with Gasteiger partial charge in [-0.3, -0.25) is 9.52 Å². The van der Waals surface area contributed by atoms with Crippen LogP contribution in [-0.4, -0.2) is 20.5 Å². The molecular weight excluding hydrogens is 341 g/mol. The Bertz CT molecular complexity index is 841. The Morgan fingerprint density at radius 2 is 1.83 bits per heavy atom. The van der Waals surface area contributed by atoms with Crippen molar-refractivity contribution >= 4 is 39.2 Å². The van der Waals surface area contributed by atoms with Crippen LogP contribution in [0.25, 0.3) is 6.08 Å². The van der Waals surface area contributed by atoms with Crippen molar-refractivity contribution in [3.05, 3.63) is 70.5 Å². The van der Waals surface area contributed by atoms with Crippen LogP contribution in [0, 0.1) is 5.82 Å². The van der Waals surface area contributed by atoms with E-state index in [4.69, 9.17) is 11.6 Å². The van der Waals surface area contributed by atoms with Gasteiger partial charge in [0.15, 0.2) is 5.78 Å². The van der Waals surface area contributed by atoms with Gasteiger partial charge in [-0.2, -0.15) is 0 Å². The number of nitrogens with one attached hydrogen (secondary N) is 1. The topological polar surface area (TPSA) is 63.2 Å². The summed E-state index contributed by atoms with van der Waals surface area (Å²) in [5.41, 5.74) is 0.829. The van der Waals surface area contributed by atoms with E-state index >= 15 is 0 Å². The molecule has 0 saturated carbocycles. The summed E-state index contributed by atoms with van der Waals surface area (Å²) in [6.45, 7) is 0. The van der Waals surface area contributed by atoms with E-state index in [1.165, 1.54) is 54.6 Å². The molecule has 0 aliphatic rings. The second-order valence-electron chi connectivity index (χ2n) is 4.78. The molecular formula is C16H13ClFNO3S. The van der Waals surface area contributed by atoms with E-state index < -0.39 is 15.8 Å². The van der Waals surface area contributed by atoms with Gasteiger partial charge in [0, 0.05) is 16.8 Å². The summed E-state index contributed by atoms with van der Waals surface area (Å²) >= 11 is 5.87. The third-order valence-corrected chi connectivity index (χ3v) is 3.81. The molecule has 0 bridgehead atoms. The van der Waals surface area contributed by atoms with Crippen molar-refractivity contribution in [1.82, 2.24) is 0 Å². The monoisotopic (exact) mass is 353 g/mol. The molecule has 1 N–H and O–H groups in total. The standard InChI is InChI=1S/C16H13ClFNO3S/c1-23(21,22)19-12-7-5-11(6-8-12)16(20)10-9-13-14(17)3-2-4-15(13)18/h2-10,19H,1H3/b10-9-. The van der Waals surface area contributed by atoms with E-state index in [-0.39, 0.29) is 16.4 Å². The number of carbonyl (C=O) groups excluding carboxylic acids is 1. The number of ketones is 1. The second kappa shape index (κ2) is 6.93. The van der Waals surface area contributed by atoms with Crippen LogP contribution >= 0.6 is 11.6 Å². The zero-order valence-electron chi connectivity index (χ0n) is 12.1. The van der Waals surface area contributed by atoms with Gasteiger partial charge in [-0.1, -0.05) is 17.7 Å². The minimum atomic E-state index is -3.37. The number of hydrogen-bond donors (Lipinski definition) is 1. The molecule has 0 saturated heterocycles. The van der Waals surface area contributed by atoms with Crippen LogP contribution in [0.1, 0.15) is 15.9 Å². The smallest absolute Gasteiger partial charge is 0.229 e. The van der Waals surface area contributed by atoms with Gasteiger partial charge in [0.2, 0.25) is 10.0 Å². The Balaban J connectivity index is 2.16. The lowest BCUT2D eigenvalue weighted by Gasteiger charge is -2.04. The molecule has 0 aromatic heterocycles. The zero-order chi connectivity index (χ0) is 17.0. The van der Waals surface area contributed by atoms with Gasteiger partial charge in [-0.05, 0) is 48.6 Å². The fourth-order valence-corrected chi connectivity index (χ4v) is 2.63. The van der Waals surface area contributed by atoms with Crippen molar-refractivity contribution in [3.8, 4) is 0 Å². The third kappa shape index (κ3) is 4.91. The molecule has 120 valence electrons. The van der Waals surface area contributed by atoms with E-state index in [9.17, 15) is 17.6 Å². The van der Waals surface area contributed by atoms with Crippen molar-refractivity contribution in [2.75, 3.05) is 11.0 Å². The van der Waals surface area contributed by atoms with Gasteiger partial charge in [0.05, 0.1) is 11.3 Å². The normalized spacial score (nSPS) is 11.6. The van der Waals surface area contributed by atoms with Gasteiger partial charge in [0.1, 0.15) is 5.82 Å². The molecule has 0 aliphatic carbocycles. The van der Waals surface area contributed by atoms with Crippen LogP contribution < -0.4 is 4.72 Å². The van der Waals surface area contributed by atoms with Crippen LogP contribution in [0.4, 0.5) is 10.1 Å². The Morgan fingerprint density at radius 3 is 2.39 bits per heavy atom. The number of anilines is 1. The highest BCUT2D eigenvalue weighted by atomic mass is 35.5. The number of rotatable bonds is 5. The van der Waals surface area contributed by atoms with Crippen molar-refractivity contribution < 1.29 is 17.6 Å². The van der Waals surface area contributed by atoms with Crippen molar-refractivity contribution in [1.29, 1.82) is 0 Å². The SMILES string of the molecule is CS(=O)(=O)Nc1ccc(C(=O)/C=C\c2c(F)cccc2Cl)cc1. The first-order chi connectivity index (χ1) is 10.8. The first-order valence-electron chi connectivity index (χ1n) is 6.50. The predicted octanol–water partition coefficient (Wildman–Crippen LogP) is 3.75. The quantitative estimate of drug-likeness (QED) is 0.657. The Kier molecular flexibility index (Phi) is 5.18. The first-order valence-corrected chi connectivity index (χ1v) is 8.77. The average Bonchev–Trinajstić information content (AvgIpc) is 2.45. The van der Waals surface area contributed by atoms with E-state index in [2.05, 4.69) is 4.72 Å². The van der Waals surface area contributed by atoms with Crippen molar-refractivity contribution in [2.24, 2.45) is 0 Å². The molecule has 0 spiro atoms. The van der Waals surface area contributed by atoms with Crippen LogP contribution in [0.2, 0.25) is 5.02 Å². The fourth-order valence-electron chi connectivity index (χ4n) is 1.84. The summed E-state index contributed by atoms with van der Waals surface area (Å²) in [6.07, 6.45) is 3.55. The van der Waals surface area contributed by atoms with Gasteiger partial charge in [0.25, 0.3) is 0 Å². The van der Waals surface area contributed by atoms with Crippen molar-refractivity contribution in [3.63, 3.8) is 0 Å². The largest absolute Gasteiger partial charge is 0.289 e.